The molecule has 0 spiro atoms. The molecule has 0 amide bonds. The molecule has 0 unspecified atom stereocenters. The van der Waals surface area contributed by atoms with E-state index in [1.165, 1.54) is 12.1 Å². The van der Waals surface area contributed by atoms with Gasteiger partial charge in [0.25, 0.3) is 0 Å². The fourth-order valence-electron chi connectivity index (χ4n) is 0.655. The van der Waals surface area contributed by atoms with Crippen molar-refractivity contribution in [1.82, 2.24) is 0 Å². The summed E-state index contributed by atoms with van der Waals surface area (Å²) in [5.41, 5.74) is 0.343. The first-order chi connectivity index (χ1) is 5.08. The largest absolute Gasteiger partial charge is 0.357 e. The highest BCUT2D eigenvalue weighted by Gasteiger charge is 2.00. The molecule has 1 rings (SSSR count). The fraction of sp³-hybridized carbons (Fsp3) is 0. The van der Waals surface area contributed by atoms with Crippen LogP contribution in [0.4, 0.5) is 5.69 Å². The number of anilines is 1. The van der Waals surface area contributed by atoms with E-state index in [2.05, 4.69) is 0 Å². The summed E-state index contributed by atoms with van der Waals surface area (Å²) in [5.74, 6) is 0. The van der Waals surface area contributed by atoms with E-state index in [-0.39, 0.29) is 0 Å². The highest BCUT2D eigenvalue weighted by atomic mass is 32.2. The maximum Gasteiger partial charge on any atom is 0.357 e. The molecule has 0 heterocycles. The van der Waals surface area contributed by atoms with E-state index in [0.717, 1.165) is 0 Å². The molecule has 1 aromatic carbocycles. The zero-order chi connectivity index (χ0) is 8.32. The minimum Gasteiger partial charge on any atom is -0.269 e. The van der Waals surface area contributed by atoms with Gasteiger partial charge in [0.2, 0.25) is 0 Å². The van der Waals surface area contributed by atoms with Gasteiger partial charge in [-0.1, -0.05) is 18.2 Å². The number of hydrogen-bond donors (Lipinski definition) is 2. The van der Waals surface area contributed by atoms with Gasteiger partial charge in [0.05, 0.1) is 5.69 Å². The van der Waals surface area contributed by atoms with E-state index in [4.69, 9.17) is 4.55 Å². The summed E-state index contributed by atoms with van der Waals surface area (Å²) >= 11 is 0. The predicted octanol–water partition coefficient (Wildman–Crippen LogP) is 0.901. The molecule has 0 fully saturated rings. The third kappa shape index (κ3) is 3.01. The Kier molecular flexibility index (Phi) is 2.11. The number of rotatable bonds is 2. The summed E-state index contributed by atoms with van der Waals surface area (Å²) in [4.78, 5) is 0. The van der Waals surface area contributed by atoms with Crippen LogP contribution >= 0.6 is 0 Å². The summed E-state index contributed by atoms with van der Waals surface area (Å²) < 4.78 is 30.7. The van der Waals surface area contributed by atoms with Crippen molar-refractivity contribution >= 4 is 16.0 Å². The molecule has 4 nitrogen and oxygen atoms in total. The number of hydrogen-bond acceptors (Lipinski definition) is 2. The fourth-order valence-corrected chi connectivity index (χ4v) is 1.09. The predicted molar refractivity (Wildman–Crippen MR) is 41.6 cm³/mol. The second-order valence-corrected chi connectivity index (χ2v) is 3.10. The van der Waals surface area contributed by atoms with E-state index < -0.39 is 10.3 Å². The molecule has 0 aliphatic carbocycles. The molecule has 0 saturated heterocycles. The Balaban J connectivity index is 2.82. The van der Waals surface area contributed by atoms with Crippen LogP contribution in [0.1, 0.15) is 0 Å². The molecule has 5 heteroatoms. The van der Waals surface area contributed by atoms with Gasteiger partial charge in [-0.2, -0.15) is 8.42 Å². The molecule has 11 heavy (non-hydrogen) atoms. The molecular formula is C6H7NO3S. The average Bonchev–Trinajstić information content (AvgIpc) is 1.85. The van der Waals surface area contributed by atoms with E-state index in [1.807, 2.05) is 4.72 Å². The SMILES string of the molecule is O=S(=O)(O)Nc1ccccc1. The lowest BCUT2D eigenvalue weighted by Crippen LogP contribution is -2.09. The van der Waals surface area contributed by atoms with Crippen molar-refractivity contribution in [3.05, 3.63) is 30.3 Å². The van der Waals surface area contributed by atoms with Crippen LogP contribution in [-0.2, 0) is 10.3 Å². The minimum absolute atomic E-state index is 0.343. The first kappa shape index (κ1) is 8.03. The Morgan fingerprint density at radius 3 is 2.18 bits per heavy atom. The standard InChI is InChI=1S/C6H7NO3S/c8-11(9,10)7-6-4-2-1-3-5-6/h1-5,7H,(H,8,9,10). The molecule has 2 N–H and O–H groups in total. The third-order valence-corrected chi connectivity index (χ3v) is 1.51. The van der Waals surface area contributed by atoms with Crippen molar-refractivity contribution in [2.75, 3.05) is 4.72 Å². The summed E-state index contributed by atoms with van der Waals surface area (Å²) in [6, 6.07) is 8.14. The first-order valence-electron chi connectivity index (χ1n) is 2.88. The molecule has 0 aliphatic rings. The van der Waals surface area contributed by atoms with Gasteiger partial charge in [0.15, 0.2) is 0 Å². The molecule has 0 bridgehead atoms. The van der Waals surface area contributed by atoms with Crippen molar-refractivity contribution in [2.24, 2.45) is 0 Å². The van der Waals surface area contributed by atoms with Gasteiger partial charge >= 0.3 is 10.3 Å². The van der Waals surface area contributed by atoms with Crippen LogP contribution in [0.15, 0.2) is 30.3 Å². The Hall–Kier alpha value is -1.07. The van der Waals surface area contributed by atoms with Gasteiger partial charge in [0, 0.05) is 0 Å². The van der Waals surface area contributed by atoms with Gasteiger partial charge in [-0.3, -0.25) is 9.27 Å². The van der Waals surface area contributed by atoms with Gasteiger partial charge < -0.3 is 0 Å². The molecule has 0 aromatic heterocycles. The van der Waals surface area contributed by atoms with Crippen molar-refractivity contribution in [3.8, 4) is 0 Å². The molecule has 0 aliphatic heterocycles. The molecule has 1 aromatic rings. The second kappa shape index (κ2) is 2.89. The van der Waals surface area contributed by atoms with Gasteiger partial charge in [-0.25, -0.2) is 0 Å². The highest BCUT2D eigenvalue weighted by Crippen LogP contribution is 2.05. The van der Waals surface area contributed by atoms with Crippen molar-refractivity contribution in [3.63, 3.8) is 0 Å². The van der Waals surface area contributed by atoms with E-state index in [0.29, 0.717) is 5.69 Å². The topological polar surface area (TPSA) is 66.4 Å². The zero-order valence-corrected chi connectivity index (χ0v) is 6.38. The molecular weight excluding hydrogens is 166 g/mol. The Morgan fingerprint density at radius 2 is 1.73 bits per heavy atom. The Bertz CT molecular complexity index is 319. The van der Waals surface area contributed by atoms with Crippen LogP contribution in [0.5, 0.6) is 0 Å². The lowest BCUT2D eigenvalue weighted by molar-refractivity contribution is 0.490. The van der Waals surface area contributed by atoms with Crippen LogP contribution in [0.25, 0.3) is 0 Å². The van der Waals surface area contributed by atoms with E-state index in [9.17, 15) is 8.42 Å². The normalized spacial score (nSPS) is 11.0. The maximum atomic E-state index is 10.2. The van der Waals surface area contributed by atoms with Crippen molar-refractivity contribution in [2.45, 2.75) is 0 Å². The average molecular weight is 173 g/mol. The Morgan fingerprint density at radius 1 is 1.18 bits per heavy atom. The lowest BCUT2D eigenvalue weighted by atomic mass is 10.3. The Labute approximate surface area is 64.7 Å². The van der Waals surface area contributed by atoms with E-state index >= 15 is 0 Å². The smallest absolute Gasteiger partial charge is 0.269 e. The van der Waals surface area contributed by atoms with E-state index in [1.54, 1.807) is 18.2 Å². The monoisotopic (exact) mass is 173 g/mol. The summed E-state index contributed by atoms with van der Waals surface area (Å²) in [7, 11) is -4.13. The summed E-state index contributed by atoms with van der Waals surface area (Å²) in [5, 5.41) is 0. The highest BCUT2D eigenvalue weighted by molar-refractivity contribution is 7.87. The third-order valence-electron chi connectivity index (χ3n) is 1.02. The van der Waals surface area contributed by atoms with Gasteiger partial charge in [0.1, 0.15) is 0 Å². The number of benzene rings is 1. The van der Waals surface area contributed by atoms with Crippen molar-refractivity contribution in [1.29, 1.82) is 0 Å². The van der Waals surface area contributed by atoms with Gasteiger partial charge in [-0.05, 0) is 12.1 Å². The molecule has 0 saturated carbocycles. The van der Waals surface area contributed by atoms with Crippen LogP contribution in [0.3, 0.4) is 0 Å². The summed E-state index contributed by atoms with van der Waals surface area (Å²) in [6.45, 7) is 0. The zero-order valence-electron chi connectivity index (χ0n) is 5.56. The lowest BCUT2D eigenvalue weighted by Gasteiger charge is -1.99. The van der Waals surface area contributed by atoms with Crippen LogP contribution in [0.2, 0.25) is 0 Å². The van der Waals surface area contributed by atoms with Crippen LogP contribution in [-0.4, -0.2) is 13.0 Å². The van der Waals surface area contributed by atoms with Gasteiger partial charge in [-0.15, -0.1) is 0 Å². The summed E-state index contributed by atoms with van der Waals surface area (Å²) in [6.07, 6.45) is 0. The number of para-hydroxylation sites is 1. The molecule has 0 atom stereocenters. The minimum atomic E-state index is -4.13. The second-order valence-electron chi connectivity index (χ2n) is 1.94. The first-order valence-corrected chi connectivity index (χ1v) is 4.32. The number of nitrogens with one attached hydrogen (secondary N) is 1. The molecule has 0 radical (unpaired) electrons. The molecule has 60 valence electrons. The van der Waals surface area contributed by atoms with Crippen molar-refractivity contribution < 1.29 is 13.0 Å². The van der Waals surface area contributed by atoms with Crippen LogP contribution < -0.4 is 4.72 Å². The maximum absolute atomic E-state index is 10.2. The van der Waals surface area contributed by atoms with Crippen LogP contribution in [0, 0.1) is 0 Å². The quantitative estimate of drug-likeness (QED) is 0.653.